The van der Waals surface area contributed by atoms with E-state index in [1.165, 1.54) is 30.5 Å². The molecule has 0 unspecified atom stereocenters. The normalized spacial score (nSPS) is 10.7. The van der Waals surface area contributed by atoms with Gasteiger partial charge in [-0.05, 0) is 41.1 Å². The van der Waals surface area contributed by atoms with Gasteiger partial charge in [0.25, 0.3) is 11.8 Å². The van der Waals surface area contributed by atoms with E-state index in [1.54, 1.807) is 0 Å². The van der Waals surface area contributed by atoms with Crippen LogP contribution in [0.3, 0.4) is 0 Å². The van der Waals surface area contributed by atoms with Crippen molar-refractivity contribution in [2.24, 2.45) is 0 Å². The minimum atomic E-state index is -0.601. The van der Waals surface area contributed by atoms with Gasteiger partial charge < -0.3 is 14.1 Å². The van der Waals surface area contributed by atoms with E-state index in [2.05, 4.69) is 31.1 Å². The van der Waals surface area contributed by atoms with Crippen LogP contribution in [-0.2, 0) is 11.3 Å². The number of H-pyrrole nitrogens is 1. The standard InChI is InChI=1S/C14H10BrN3O4S/c1-7(19)8-4-9(16-5-8)14(20)21-6-12-17-18-13(22-12)10-2-3-11(15)23-10/h2-5,16H,6H2,1H3. The predicted molar refractivity (Wildman–Crippen MR) is 85.2 cm³/mol. The van der Waals surface area contributed by atoms with Crippen LogP contribution in [0.25, 0.3) is 10.8 Å². The first kappa shape index (κ1) is 15.6. The number of Topliss-reactive ketones (excluding diaryl/α,β-unsaturated/α-hetero) is 1. The number of nitrogens with zero attached hydrogens (tertiary/aromatic N) is 2. The summed E-state index contributed by atoms with van der Waals surface area (Å²) in [5.41, 5.74) is 0.609. The maximum atomic E-state index is 11.9. The van der Waals surface area contributed by atoms with Gasteiger partial charge in [-0.25, -0.2) is 4.79 Å². The van der Waals surface area contributed by atoms with Crippen molar-refractivity contribution in [3.05, 3.63) is 45.3 Å². The van der Waals surface area contributed by atoms with Gasteiger partial charge in [-0.15, -0.1) is 21.5 Å². The summed E-state index contributed by atoms with van der Waals surface area (Å²) < 4.78 is 11.5. The molecular weight excluding hydrogens is 386 g/mol. The maximum Gasteiger partial charge on any atom is 0.355 e. The fourth-order valence-corrected chi connectivity index (χ4v) is 3.07. The molecule has 0 aliphatic carbocycles. The third kappa shape index (κ3) is 3.57. The molecule has 3 aromatic heterocycles. The number of carbonyl (C=O) groups excluding carboxylic acids is 2. The van der Waals surface area contributed by atoms with Crippen LogP contribution in [0.5, 0.6) is 0 Å². The number of hydrogen-bond donors (Lipinski definition) is 1. The Balaban J connectivity index is 1.63. The Morgan fingerprint density at radius 2 is 2.22 bits per heavy atom. The molecule has 3 aromatic rings. The second kappa shape index (κ2) is 6.47. The summed E-state index contributed by atoms with van der Waals surface area (Å²) >= 11 is 4.81. The van der Waals surface area contributed by atoms with Gasteiger partial charge in [0.15, 0.2) is 12.4 Å². The largest absolute Gasteiger partial charge is 0.451 e. The van der Waals surface area contributed by atoms with Gasteiger partial charge in [0.1, 0.15) is 5.69 Å². The molecule has 0 fully saturated rings. The molecule has 23 heavy (non-hydrogen) atoms. The van der Waals surface area contributed by atoms with Crippen molar-refractivity contribution < 1.29 is 18.7 Å². The SMILES string of the molecule is CC(=O)c1c[nH]c(C(=O)OCc2nnc(-c3ccc(Br)s3)o2)c1. The van der Waals surface area contributed by atoms with Crippen molar-refractivity contribution in [3.8, 4) is 10.8 Å². The number of halogens is 1. The first-order valence-electron chi connectivity index (χ1n) is 6.47. The van der Waals surface area contributed by atoms with E-state index in [4.69, 9.17) is 9.15 Å². The van der Waals surface area contributed by atoms with Crippen LogP contribution in [-0.4, -0.2) is 26.9 Å². The van der Waals surface area contributed by atoms with Crippen LogP contribution in [0, 0.1) is 0 Å². The molecule has 3 heterocycles. The van der Waals surface area contributed by atoms with E-state index < -0.39 is 5.97 Å². The zero-order chi connectivity index (χ0) is 16.4. The number of aromatic amines is 1. The third-order valence-corrected chi connectivity index (χ3v) is 4.50. The fourth-order valence-electron chi connectivity index (χ4n) is 1.76. The van der Waals surface area contributed by atoms with Gasteiger partial charge in [-0.3, -0.25) is 4.79 Å². The number of ketones is 1. The Hall–Kier alpha value is -2.26. The number of aromatic nitrogens is 3. The van der Waals surface area contributed by atoms with E-state index in [1.807, 2.05) is 12.1 Å². The quantitative estimate of drug-likeness (QED) is 0.524. The lowest BCUT2D eigenvalue weighted by Gasteiger charge is -1.98. The molecule has 0 amide bonds. The van der Waals surface area contributed by atoms with E-state index in [9.17, 15) is 9.59 Å². The fraction of sp³-hybridized carbons (Fsp3) is 0.143. The van der Waals surface area contributed by atoms with E-state index in [0.29, 0.717) is 11.5 Å². The number of rotatable bonds is 5. The number of carbonyl (C=O) groups is 2. The Morgan fingerprint density at radius 3 is 2.87 bits per heavy atom. The first-order chi connectivity index (χ1) is 11.0. The Kier molecular flexibility index (Phi) is 4.39. The molecule has 0 aliphatic heterocycles. The minimum absolute atomic E-state index is 0.135. The van der Waals surface area contributed by atoms with Crippen LogP contribution in [0.1, 0.15) is 33.7 Å². The van der Waals surface area contributed by atoms with E-state index >= 15 is 0 Å². The predicted octanol–water partition coefficient (Wildman–Crippen LogP) is 3.45. The van der Waals surface area contributed by atoms with Crippen LogP contribution in [0.15, 0.2) is 32.6 Å². The van der Waals surface area contributed by atoms with Crippen LogP contribution in [0.4, 0.5) is 0 Å². The second-order valence-corrected chi connectivity index (χ2v) is 7.00. The van der Waals surface area contributed by atoms with Gasteiger partial charge in [0.05, 0.1) is 8.66 Å². The minimum Gasteiger partial charge on any atom is -0.451 e. The van der Waals surface area contributed by atoms with Gasteiger partial charge >= 0.3 is 5.97 Å². The van der Waals surface area contributed by atoms with Crippen LogP contribution < -0.4 is 0 Å². The zero-order valence-corrected chi connectivity index (χ0v) is 14.2. The highest BCUT2D eigenvalue weighted by Gasteiger charge is 2.15. The molecular formula is C14H10BrN3O4S. The number of esters is 1. The van der Waals surface area contributed by atoms with Gasteiger partial charge in [0, 0.05) is 11.8 Å². The van der Waals surface area contributed by atoms with Crippen molar-refractivity contribution in [1.29, 1.82) is 0 Å². The molecule has 0 saturated heterocycles. The highest BCUT2D eigenvalue weighted by Crippen LogP contribution is 2.30. The molecule has 7 nitrogen and oxygen atoms in total. The second-order valence-electron chi connectivity index (χ2n) is 4.54. The molecule has 0 saturated carbocycles. The molecule has 0 spiro atoms. The van der Waals surface area contributed by atoms with Gasteiger partial charge in [-0.2, -0.15) is 0 Å². The Morgan fingerprint density at radius 1 is 1.39 bits per heavy atom. The highest BCUT2D eigenvalue weighted by atomic mass is 79.9. The van der Waals surface area contributed by atoms with Crippen molar-refractivity contribution in [3.63, 3.8) is 0 Å². The average Bonchev–Trinajstić information content (AvgIpc) is 3.24. The number of nitrogens with one attached hydrogen (secondary N) is 1. The van der Waals surface area contributed by atoms with Gasteiger partial charge in [-0.1, -0.05) is 0 Å². The summed E-state index contributed by atoms with van der Waals surface area (Å²) in [5.74, 6) is -0.179. The monoisotopic (exact) mass is 395 g/mol. The number of hydrogen-bond acceptors (Lipinski definition) is 7. The molecule has 0 radical (unpaired) electrons. The number of ether oxygens (including phenoxy) is 1. The summed E-state index contributed by atoms with van der Waals surface area (Å²) in [4.78, 5) is 26.6. The zero-order valence-electron chi connectivity index (χ0n) is 11.8. The van der Waals surface area contributed by atoms with Crippen molar-refractivity contribution in [2.75, 3.05) is 0 Å². The summed E-state index contributed by atoms with van der Waals surface area (Å²) in [6.45, 7) is 1.27. The van der Waals surface area contributed by atoms with Crippen molar-refractivity contribution in [2.45, 2.75) is 13.5 Å². The smallest absolute Gasteiger partial charge is 0.355 e. The van der Waals surface area contributed by atoms with E-state index in [0.717, 1.165) is 8.66 Å². The summed E-state index contributed by atoms with van der Waals surface area (Å²) in [5, 5.41) is 7.74. The van der Waals surface area contributed by atoms with Crippen molar-refractivity contribution in [1.82, 2.24) is 15.2 Å². The van der Waals surface area contributed by atoms with Gasteiger partial charge in [0.2, 0.25) is 0 Å². The van der Waals surface area contributed by atoms with Crippen LogP contribution in [0.2, 0.25) is 0 Å². The topological polar surface area (TPSA) is 98.1 Å². The molecule has 3 rings (SSSR count). The molecule has 9 heteroatoms. The highest BCUT2D eigenvalue weighted by molar-refractivity contribution is 9.11. The van der Waals surface area contributed by atoms with Crippen molar-refractivity contribution >= 4 is 39.0 Å². The maximum absolute atomic E-state index is 11.9. The Bertz CT molecular complexity index is 867. The summed E-state index contributed by atoms with van der Waals surface area (Å²) in [6.07, 6.45) is 1.46. The molecule has 0 atom stereocenters. The lowest BCUT2D eigenvalue weighted by molar-refractivity contribution is 0.0432. The van der Waals surface area contributed by atoms with Crippen LogP contribution >= 0.6 is 27.3 Å². The molecule has 1 N–H and O–H groups in total. The lowest BCUT2D eigenvalue weighted by atomic mass is 10.2. The summed E-state index contributed by atoms with van der Waals surface area (Å²) in [7, 11) is 0. The third-order valence-electron chi connectivity index (χ3n) is 2.89. The average molecular weight is 396 g/mol. The molecule has 0 aliphatic rings. The lowest BCUT2D eigenvalue weighted by Crippen LogP contribution is -2.05. The molecule has 118 valence electrons. The molecule has 0 bridgehead atoms. The molecule has 0 aromatic carbocycles. The number of thiophene rings is 1. The van der Waals surface area contributed by atoms with E-state index in [-0.39, 0.29) is 24.0 Å². The summed E-state index contributed by atoms with van der Waals surface area (Å²) in [6, 6.07) is 5.16. The first-order valence-corrected chi connectivity index (χ1v) is 8.08. The Labute approximate surface area is 142 Å².